The van der Waals surface area contributed by atoms with Gasteiger partial charge in [-0.1, -0.05) is 78.9 Å². The molecular weight excluding hydrogens is 462 g/mol. The molecule has 2 unspecified atom stereocenters. The van der Waals surface area contributed by atoms with Gasteiger partial charge in [0.15, 0.2) is 0 Å². The molecule has 6 rings (SSSR count). The standard InChI is InChI=1S/C31H27N3O3/c32-31-33-26-18-23(21-10-4-1-5-11-21)19-28(36-24-14-8-3-9-15-24)29(26)30(35)34(31)20-25-16-17-27(37-25)22-12-6-2-7-13-22/h1-15,18-19,25,27H,16-17,20H2,(H2,32,33). The predicted molar refractivity (Wildman–Crippen MR) is 146 cm³/mol. The van der Waals surface area contributed by atoms with Crippen LogP contribution in [0.4, 0.5) is 5.95 Å². The van der Waals surface area contributed by atoms with E-state index in [9.17, 15) is 4.79 Å². The van der Waals surface area contributed by atoms with E-state index >= 15 is 0 Å². The molecular formula is C31H27N3O3. The third-order valence-corrected chi connectivity index (χ3v) is 6.80. The second-order valence-corrected chi connectivity index (χ2v) is 9.27. The molecule has 6 nitrogen and oxygen atoms in total. The van der Waals surface area contributed by atoms with Gasteiger partial charge in [-0.15, -0.1) is 0 Å². The van der Waals surface area contributed by atoms with Gasteiger partial charge in [0.1, 0.15) is 16.9 Å². The van der Waals surface area contributed by atoms with Crippen molar-refractivity contribution in [2.75, 3.05) is 5.73 Å². The molecule has 0 radical (unpaired) electrons. The largest absolute Gasteiger partial charge is 0.456 e. The van der Waals surface area contributed by atoms with Crippen LogP contribution in [0.5, 0.6) is 11.5 Å². The summed E-state index contributed by atoms with van der Waals surface area (Å²) in [5, 5.41) is 0.398. The number of fused-ring (bicyclic) bond motifs is 1. The Bertz CT molecular complexity index is 1590. The number of anilines is 1. The lowest BCUT2D eigenvalue weighted by Gasteiger charge is -2.18. The minimum atomic E-state index is -0.236. The van der Waals surface area contributed by atoms with Gasteiger partial charge in [0.25, 0.3) is 5.56 Å². The molecule has 0 spiro atoms. The van der Waals surface area contributed by atoms with E-state index in [0.717, 1.165) is 29.5 Å². The molecule has 1 aliphatic rings. The summed E-state index contributed by atoms with van der Waals surface area (Å²) in [6, 6.07) is 33.3. The summed E-state index contributed by atoms with van der Waals surface area (Å²) in [5.74, 6) is 1.25. The van der Waals surface area contributed by atoms with Gasteiger partial charge in [-0.3, -0.25) is 9.36 Å². The zero-order valence-electron chi connectivity index (χ0n) is 20.3. The Hall–Kier alpha value is -4.42. The minimum Gasteiger partial charge on any atom is -0.456 e. The Morgan fingerprint density at radius 1 is 0.865 bits per heavy atom. The fraction of sp³-hybridized carbons (Fsp3) is 0.161. The van der Waals surface area contributed by atoms with Crippen LogP contribution in [0.25, 0.3) is 22.0 Å². The van der Waals surface area contributed by atoms with E-state index in [4.69, 9.17) is 15.2 Å². The summed E-state index contributed by atoms with van der Waals surface area (Å²) in [5.41, 5.74) is 9.66. The Kier molecular flexibility index (Phi) is 6.16. The number of benzene rings is 4. The highest BCUT2D eigenvalue weighted by Crippen LogP contribution is 2.35. The summed E-state index contributed by atoms with van der Waals surface area (Å²) in [6.45, 7) is 0.335. The fourth-order valence-electron chi connectivity index (χ4n) is 4.95. The summed E-state index contributed by atoms with van der Waals surface area (Å²) in [4.78, 5) is 18.5. The predicted octanol–water partition coefficient (Wildman–Crippen LogP) is 6.36. The first-order valence-electron chi connectivity index (χ1n) is 12.5. The van der Waals surface area contributed by atoms with E-state index in [-0.39, 0.29) is 23.7 Å². The molecule has 184 valence electrons. The van der Waals surface area contributed by atoms with Gasteiger partial charge in [-0.05, 0) is 53.8 Å². The molecule has 1 saturated heterocycles. The molecule has 1 fully saturated rings. The van der Waals surface area contributed by atoms with Crippen molar-refractivity contribution in [1.29, 1.82) is 0 Å². The molecule has 4 aromatic carbocycles. The van der Waals surface area contributed by atoms with Gasteiger partial charge in [0, 0.05) is 0 Å². The van der Waals surface area contributed by atoms with E-state index in [1.807, 2.05) is 91.0 Å². The molecule has 1 aliphatic heterocycles. The van der Waals surface area contributed by atoms with Gasteiger partial charge < -0.3 is 15.2 Å². The highest BCUT2D eigenvalue weighted by atomic mass is 16.5. The molecule has 0 saturated carbocycles. The number of rotatable bonds is 6. The molecule has 1 aromatic heterocycles. The molecule has 5 aromatic rings. The number of nitrogen functional groups attached to an aromatic ring is 1. The molecule has 0 aliphatic carbocycles. The third kappa shape index (κ3) is 4.71. The monoisotopic (exact) mass is 489 g/mol. The Labute approximate surface area is 214 Å². The Morgan fingerprint density at radius 2 is 1.54 bits per heavy atom. The first-order chi connectivity index (χ1) is 18.2. The number of hydrogen-bond acceptors (Lipinski definition) is 5. The van der Waals surface area contributed by atoms with Crippen LogP contribution in [0, 0.1) is 0 Å². The topological polar surface area (TPSA) is 79.4 Å². The second-order valence-electron chi connectivity index (χ2n) is 9.27. The number of hydrogen-bond donors (Lipinski definition) is 1. The van der Waals surface area contributed by atoms with Crippen molar-refractivity contribution in [2.24, 2.45) is 0 Å². The summed E-state index contributed by atoms with van der Waals surface area (Å²) < 4.78 is 14.1. The van der Waals surface area contributed by atoms with Crippen molar-refractivity contribution < 1.29 is 9.47 Å². The van der Waals surface area contributed by atoms with Crippen LogP contribution in [0.3, 0.4) is 0 Å². The maximum Gasteiger partial charge on any atom is 0.266 e. The second kappa shape index (κ2) is 9.91. The highest BCUT2D eigenvalue weighted by molar-refractivity contribution is 5.90. The quantitative estimate of drug-likeness (QED) is 0.300. The normalized spacial score (nSPS) is 17.2. The average molecular weight is 490 g/mol. The average Bonchev–Trinajstić information content (AvgIpc) is 3.41. The van der Waals surface area contributed by atoms with E-state index in [0.29, 0.717) is 28.9 Å². The Balaban J connectivity index is 1.40. The van der Waals surface area contributed by atoms with Crippen molar-refractivity contribution in [2.45, 2.75) is 31.6 Å². The zero-order chi connectivity index (χ0) is 25.2. The molecule has 2 atom stereocenters. The molecule has 37 heavy (non-hydrogen) atoms. The number of nitrogens with two attached hydrogens (primary N) is 1. The van der Waals surface area contributed by atoms with Gasteiger partial charge >= 0.3 is 0 Å². The lowest BCUT2D eigenvalue weighted by Crippen LogP contribution is -2.30. The van der Waals surface area contributed by atoms with Crippen LogP contribution >= 0.6 is 0 Å². The smallest absolute Gasteiger partial charge is 0.266 e. The van der Waals surface area contributed by atoms with Gasteiger partial charge in [-0.2, -0.15) is 0 Å². The maximum atomic E-state index is 13.9. The van der Waals surface area contributed by atoms with Crippen molar-refractivity contribution in [3.8, 4) is 22.6 Å². The summed E-state index contributed by atoms with van der Waals surface area (Å²) in [7, 11) is 0. The van der Waals surface area contributed by atoms with Crippen LogP contribution in [0.15, 0.2) is 108 Å². The van der Waals surface area contributed by atoms with Crippen molar-refractivity contribution in [3.63, 3.8) is 0 Å². The number of ether oxygens (including phenoxy) is 2. The SMILES string of the molecule is Nc1nc2cc(-c3ccccc3)cc(Oc3ccccc3)c2c(=O)n1CC1CCC(c2ccccc2)O1. The molecule has 2 N–H and O–H groups in total. The minimum absolute atomic E-state index is 0.0157. The fourth-order valence-corrected chi connectivity index (χ4v) is 4.95. The molecule has 6 heteroatoms. The lowest BCUT2D eigenvalue weighted by atomic mass is 10.0. The van der Waals surface area contributed by atoms with Gasteiger partial charge in [-0.25, -0.2) is 4.98 Å². The van der Waals surface area contributed by atoms with E-state index in [1.165, 1.54) is 4.57 Å². The van der Waals surface area contributed by atoms with Crippen LogP contribution in [-0.4, -0.2) is 15.7 Å². The zero-order valence-corrected chi connectivity index (χ0v) is 20.3. The van der Waals surface area contributed by atoms with Gasteiger partial charge in [0.05, 0.1) is 24.3 Å². The first kappa shape index (κ1) is 23.0. The van der Waals surface area contributed by atoms with E-state index in [2.05, 4.69) is 17.1 Å². The maximum absolute atomic E-state index is 13.9. The first-order valence-corrected chi connectivity index (χ1v) is 12.5. The molecule has 0 amide bonds. The van der Waals surface area contributed by atoms with Crippen molar-refractivity contribution >= 4 is 16.9 Å². The summed E-state index contributed by atoms with van der Waals surface area (Å²) >= 11 is 0. The van der Waals surface area contributed by atoms with Gasteiger partial charge in [0.2, 0.25) is 5.95 Å². The van der Waals surface area contributed by atoms with Crippen LogP contribution in [-0.2, 0) is 11.3 Å². The van der Waals surface area contributed by atoms with E-state index in [1.54, 1.807) is 0 Å². The van der Waals surface area contributed by atoms with Crippen molar-refractivity contribution in [3.05, 3.63) is 119 Å². The van der Waals surface area contributed by atoms with E-state index < -0.39 is 0 Å². The Morgan fingerprint density at radius 3 is 2.27 bits per heavy atom. The lowest BCUT2D eigenvalue weighted by molar-refractivity contribution is 0.0348. The molecule has 2 heterocycles. The highest BCUT2D eigenvalue weighted by Gasteiger charge is 2.28. The number of para-hydroxylation sites is 1. The van der Waals surface area contributed by atoms with Crippen LogP contribution < -0.4 is 16.0 Å². The number of aromatic nitrogens is 2. The number of nitrogens with zero attached hydrogens (tertiary/aromatic N) is 2. The van der Waals surface area contributed by atoms with Crippen molar-refractivity contribution in [1.82, 2.24) is 9.55 Å². The third-order valence-electron chi connectivity index (χ3n) is 6.80. The summed E-state index contributed by atoms with van der Waals surface area (Å²) in [6.07, 6.45) is 1.62. The van der Waals surface area contributed by atoms with Crippen LogP contribution in [0.1, 0.15) is 24.5 Å². The molecule has 0 bridgehead atoms. The van der Waals surface area contributed by atoms with Crippen LogP contribution in [0.2, 0.25) is 0 Å².